The van der Waals surface area contributed by atoms with Gasteiger partial charge in [0.15, 0.2) is 6.61 Å². The minimum Gasteiger partial charge on any atom is -0.484 e. The van der Waals surface area contributed by atoms with Crippen LogP contribution in [-0.4, -0.2) is 20.9 Å². The maximum Gasteiger partial charge on any atom is 0.272 e. The van der Waals surface area contributed by atoms with E-state index in [0.29, 0.717) is 5.75 Å². The van der Waals surface area contributed by atoms with Crippen LogP contribution in [0.2, 0.25) is 0 Å². The summed E-state index contributed by atoms with van der Waals surface area (Å²) in [5, 5.41) is 0. The molecular formula is C19H24N2O4S. The van der Waals surface area contributed by atoms with Crippen LogP contribution in [0.4, 0.5) is 0 Å². The van der Waals surface area contributed by atoms with Crippen molar-refractivity contribution in [2.24, 2.45) is 0 Å². The first-order valence-corrected chi connectivity index (χ1v) is 9.90. The van der Waals surface area contributed by atoms with E-state index in [2.05, 4.69) is 17.2 Å². The minimum absolute atomic E-state index is 0.0905. The zero-order valence-corrected chi connectivity index (χ0v) is 16.0. The first kappa shape index (κ1) is 19.9. The van der Waals surface area contributed by atoms with Gasteiger partial charge in [0.25, 0.3) is 15.9 Å². The van der Waals surface area contributed by atoms with Gasteiger partial charge in [-0.2, -0.15) is 0 Å². The van der Waals surface area contributed by atoms with E-state index in [0.717, 1.165) is 29.5 Å². The lowest BCUT2D eigenvalue weighted by Crippen LogP contribution is -2.43. The highest BCUT2D eigenvalue weighted by atomic mass is 32.2. The van der Waals surface area contributed by atoms with E-state index in [1.54, 1.807) is 18.2 Å². The number of nitrogens with one attached hydrogen (secondary N) is 2. The van der Waals surface area contributed by atoms with E-state index in [1.807, 2.05) is 26.0 Å². The lowest BCUT2D eigenvalue weighted by molar-refractivity contribution is -0.123. The Balaban J connectivity index is 1.87. The van der Waals surface area contributed by atoms with Crippen molar-refractivity contribution in [2.75, 3.05) is 6.61 Å². The van der Waals surface area contributed by atoms with E-state index < -0.39 is 15.9 Å². The SMILES string of the molecule is CCCc1ccc(S(=O)(=O)NNC(=O)COc2ccc(C)c(C)c2)cc1. The average molecular weight is 376 g/mol. The normalized spacial score (nSPS) is 11.2. The molecule has 0 atom stereocenters. The molecule has 0 aliphatic rings. The molecule has 0 aliphatic carbocycles. The van der Waals surface area contributed by atoms with Gasteiger partial charge in [0, 0.05) is 0 Å². The molecule has 0 radical (unpaired) electrons. The first-order valence-electron chi connectivity index (χ1n) is 8.41. The summed E-state index contributed by atoms with van der Waals surface area (Å²) in [5.41, 5.74) is 5.40. The summed E-state index contributed by atoms with van der Waals surface area (Å²) >= 11 is 0. The van der Waals surface area contributed by atoms with Crippen LogP contribution in [0.15, 0.2) is 47.4 Å². The second-order valence-electron chi connectivity index (χ2n) is 6.08. The number of hydrogen-bond donors (Lipinski definition) is 2. The third-order valence-corrected chi connectivity index (χ3v) is 5.21. The fourth-order valence-corrected chi connectivity index (χ4v) is 3.16. The van der Waals surface area contributed by atoms with Gasteiger partial charge in [-0.1, -0.05) is 31.5 Å². The van der Waals surface area contributed by atoms with E-state index in [1.165, 1.54) is 12.1 Å². The Kier molecular flexibility index (Phi) is 6.76. The molecule has 0 aliphatic heterocycles. The summed E-state index contributed by atoms with van der Waals surface area (Å²) in [4.78, 5) is 14.0. The summed E-state index contributed by atoms with van der Waals surface area (Å²) in [6.45, 7) is 5.69. The summed E-state index contributed by atoms with van der Waals surface area (Å²) < 4.78 is 29.8. The fourth-order valence-electron chi connectivity index (χ4n) is 2.30. The number of hydrogen-bond acceptors (Lipinski definition) is 4. The lowest BCUT2D eigenvalue weighted by Gasteiger charge is -2.10. The number of sulfonamides is 1. The molecule has 26 heavy (non-hydrogen) atoms. The third-order valence-electron chi connectivity index (χ3n) is 3.95. The molecule has 0 aromatic heterocycles. The molecule has 0 fully saturated rings. The van der Waals surface area contributed by atoms with Gasteiger partial charge in [0.2, 0.25) is 0 Å². The number of rotatable bonds is 8. The molecule has 0 bridgehead atoms. The van der Waals surface area contributed by atoms with Crippen molar-refractivity contribution in [3.8, 4) is 5.75 Å². The van der Waals surface area contributed by atoms with Crippen molar-refractivity contribution in [1.29, 1.82) is 0 Å². The largest absolute Gasteiger partial charge is 0.484 e. The highest BCUT2D eigenvalue weighted by Gasteiger charge is 2.15. The van der Waals surface area contributed by atoms with Crippen LogP contribution in [0, 0.1) is 13.8 Å². The van der Waals surface area contributed by atoms with Crippen LogP contribution in [0.5, 0.6) is 5.75 Å². The summed E-state index contributed by atoms with van der Waals surface area (Å²) in [6, 6.07) is 12.1. The molecule has 140 valence electrons. The summed E-state index contributed by atoms with van der Waals surface area (Å²) in [7, 11) is -3.82. The van der Waals surface area contributed by atoms with Gasteiger partial charge in [-0.25, -0.2) is 8.42 Å². The van der Waals surface area contributed by atoms with E-state index in [9.17, 15) is 13.2 Å². The molecule has 0 saturated heterocycles. The van der Waals surface area contributed by atoms with Gasteiger partial charge >= 0.3 is 0 Å². The predicted octanol–water partition coefficient (Wildman–Crippen LogP) is 2.64. The van der Waals surface area contributed by atoms with Crippen molar-refractivity contribution in [3.63, 3.8) is 0 Å². The van der Waals surface area contributed by atoms with E-state index in [-0.39, 0.29) is 11.5 Å². The zero-order valence-electron chi connectivity index (χ0n) is 15.2. The molecule has 2 rings (SSSR count). The lowest BCUT2D eigenvalue weighted by atomic mass is 10.1. The van der Waals surface area contributed by atoms with Crippen LogP contribution >= 0.6 is 0 Å². The number of benzene rings is 2. The Labute approximate surface area is 154 Å². The van der Waals surface area contributed by atoms with Gasteiger partial charge in [-0.05, 0) is 61.2 Å². The Morgan fingerprint density at radius 2 is 1.73 bits per heavy atom. The van der Waals surface area contributed by atoms with Gasteiger partial charge in [0.1, 0.15) is 5.75 Å². The van der Waals surface area contributed by atoms with Crippen LogP contribution < -0.4 is 15.0 Å². The van der Waals surface area contributed by atoms with Crippen molar-refractivity contribution >= 4 is 15.9 Å². The summed E-state index contributed by atoms with van der Waals surface area (Å²) in [5.74, 6) is -0.0352. The molecule has 0 unspecified atom stereocenters. The highest BCUT2D eigenvalue weighted by molar-refractivity contribution is 7.89. The molecule has 1 amide bonds. The zero-order chi connectivity index (χ0) is 19.2. The number of ether oxygens (including phenoxy) is 1. The summed E-state index contributed by atoms with van der Waals surface area (Å²) in [6.07, 6.45) is 1.88. The first-order chi connectivity index (χ1) is 12.3. The van der Waals surface area contributed by atoms with Crippen LogP contribution in [0.3, 0.4) is 0 Å². The maximum absolute atomic E-state index is 12.2. The topological polar surface area (TPSA) is 84.5 Å². The number of carbonyl (C=O) groups excluding carboxylic acids is 1. The second-order valence-corrected chi connectivity index (χ2v) is 7.76. The average Bonchev–Trinajstić information content (AvgIpc) is 2.62. The Hall–Kier alpha value is -2.38. The molecular weight excluding hydrogens is 352 g/mol. The standard InChI is InChI=1S/C19H24N2O4S/c1-4-5-16-7-10-18(11-8-16)26(23,24)21-20-19(22)13-25-17-9-6-14(2)15(3)12-17/h6-12,21H,4-5,13H2,1-3H3,(H,20,22). The quantitative estimate of drug-likeness (QED) is 0.694. The van der Waals surface area contributed by atoms with Crippen LogP contribution in [0.1, 0.15) is 30.0 Å². The predicted molar refractivity (Wildman–Crippen MR) is 100 cm³/mol. The van der Waals surface area contributed by atoms with E-state index in [4.69, 9.17) is 4.74 Å². The van der Waals surface area contributed by atoms with Crippen molar-refractivity contribution in [1.82, 2.24) is 10.3 Å². The Bertz CT molecular complexity index is 862. The Morgan fingerprint density at radius 1 is 1.04 bits per heavy atom. The molecule has 2 aromatic rings. The fraction of sp³-hybridized carbons (Fsp3) is 0.316. The van der Waals surface area contributed by atoms with Gasteiger partial charge < -0.3 is 4.74 Å². The Morgan fingerprint density at radius 3 is 2.35 bits per heavy atom. The van der Waals surface area contributed by atoms with Gasteiger partial charge in [-0.3, -0.25) is 10.2 Å². The van der Waals surface area contributed by atoms with Crippen LogP contribution in [0.25, 0.3) is 0 Å². The second kappa shape index (κ2) is 8.82. The molecule has 0 spiro atoms. The van der Waals surface area contributed by atoms with Gasteiger partial charge in [-0.15, -0.1) is 4.83 Å². The highest BCUT2D eigenvalue weighted by Crippen LogP contribution is 2.16. The number of aryl methyl sites for hydroxylation is 3. The maximum atomic E-state index is 12.2. The minimum atomic E-state index is -3.82. The molecule has 2 aromatic carbocycles. The van der Waals surface area contributed by atoms with Crippen molar-refractivity contribution < 1.29 is 17.9 Å². The molecule has 2 N–H and O–H groups in total. The molecule has 0 saturated carbocycles. The van der Waals surface area contributed by atoms with Crippen molar-refractivity contribution in [3.05, 3.63) is 59.2 Å². The van der Waals surface area contributed by atoms with Crippen molar-refractivity contribution in [2.45, 2.75) is 38.5 Å². The third kappa shape index (κ3) is 5.57. The monoisotopic (exact) mass is 376 g/mol. The molecule has 0 heterocycles. The smallest absolute Gasteiger partial charge is 0.272 e. The van der Waals surface area contributed by atoms with E-state index >= 15 is 0 Å². The molecule has 6 nitrogen and oxygen atoms in total. The number of amides is 1. The van der Waals surface area contributed by atoms with Gasteiger partial charge in [0.05, 0.1) is 4.90 Å². The number of carbonyl (C=O) groups is 1. The number of hydrazine groups is 1. The van der Waals surface area contributed by atoms with Crippen LogP contribution in [-0.2, 0) is 21.2 Å². The molecule has 7 heteroatoms.